The average Bonchev–Trinajstić information content (AvgIpc) is 2.82. The molecule has 3 rings (SSSR count). The molecule has 20 heavy (non-hydrogen) atoms. The van der Waals surface area contributed by atoms with Crippen molar-refractivity contribution in [2.75, 3.05) is 5.73 Å². The van der Waals surface area contributed by atoms with Crippen molar-refractivity contribution in [2.24, 2.45) is 0 Å². The van der Waals surface area contributed by atoms with Crippen molar-refractivity contribution in [3.05, 3.63) is 57.5 Å². The van der Waals surface area contributed by atoms with Gasteiger partial charge in [0.2, 0.25) is 0 Å². The molecule has 0 unspecified atom stereocenters. The van der Waals surface area contributed by atoms with Crippen LogP contribution < -0.4 is 5.73 Å². The van der Waals surface area contributed by atoms with E-state index in [0.29, 0.717) is 11.6 Å². The summed E-state index contributed by atoms with van der Waals surface area (Å²) in [5.41, 5.74) is 8.66. The Labute approximate surface area is 133 Å². The molecular weight excluding hydrogens is 384 g/mol. The first-order valence-corrected chi connectivity index (χ1v) is 7.52. The van der Waals surface area contributed by atoms with Crippen LogP contribution in [0.1, 0.15) is 0 Å². The average molecular weight is 394 g/mol. The smallest absolute Gasteiger partial charge is 0.178 e. The second kappa shape index (κ2) is 5.42. The molecule has 0 spiro atoms. The van der Waals surface area contributed by atoms with Crippen LogP contribution in [0.4, 0.5) is 5.82 Å². The van der Waals surface area contributed by atoms with E-state index in [1.54, 1.807) is 0 Å². The maximum Gasteiger partial charge on any atom is 0.178 e. The number of anilines is 1. The van der Waals surface area contributed by atoms with E-state index in [-0.39, 0.29) is 0 Å². The summed E-state index contributed by atoms with van der Waals surface area (Å²) >= 11 is 7.07. The van der Waals surface area contributed by atoms with Gasteiger partial charge in [-0.3, -0.25) is 0 Å². The van der Waals surface area contributed by atoms with Crippen LogP contribution in [0.5, 0.6) is 0 Å². The second-order valence-corrected chi connectivity index (χ2v) is 5.94. The van der Waals surface area contributed by atoms with Crippen LogP contribution >= 0.6 is 31.9 Å². The molecule has 3 nitrogen and oxygen atoms in total. The Morgan fingerprint density at radius 1 is 0.850 bits per heavy atom. The summed E-state index contributed by atoms with van der Waals surface area (Å²) in [7, 11) is 0. The van der Waals surface area contributed by atoms with Gasteiger partial charge >= 0.3 is 0 Å². The van der Waals surface area contributed by atoms with Gasteiger partial charge in [-0.2, -0.15) is 0 Å². The van der Waals surface area contributed by atoms with Gasteiger partial charge in [0.25, 0.3) is 0 Å². The number of aromatic nitrogens is 1. The zero-order valence-corrected chi connectivity index (χ0v) is 13.5. The molecule has 2 aromatic carbocycles. The lowest BCUT2D eigenvalue weighted by Gasteiger charge is -2.06. The molecule has 0 aliphatic heterocycles. The number of benzene rings is 2. The van der Waals surface area contributed by atoms with E-state index in [1.807, 2.05) is 48.5 Å². The van der Waals surface area contributed by atoms with Gasteiger partial charge in [0.15, 0.2) is 11.6 Å². The van der Waals surface area contributed by atoms with Gasteiger partial charge in [0, 0.05) is 20.1 Å². The van der Waals surface area contributed by atoms with E-state index in [1.165, 1.54) is 0 Å². The summed E-state index contributed by atoms with van der Waals surface area (Å²) in [6.45, 7) is 0. The van der Waals surface area contributed by atoms with Gasteiger partial charge in [0.1, 0.15) is 0 Å². The highest BCUT2D eigenvalue weighted by atomic mass is 79.9. The number of nitrogen functional groups attached to an aromatic ring is 1. The fourth-order valence-corrected chi connectivity index (χ4v) is 3.00. The zero-order valence-electron chi connectivity index (χ0n) is 10.3. The maximum atomic E-state index is 5.99. The van der Waals surface area contributed by atoms with Crippen LogP contribution in [0.2, 0.25) is 0 Å². The van der Waals surface area contributed by atoms with Gasteiger partial charge in [-0.25, -0.2) is 0 Å². The third-order valence-corrected chi connectivity index (χ3v) is 4.36. The zero-order chi connectivity index (χ0) is 14.1. The molecule has 1 aromatic heterocycles. The highest BCUT2D eigenvalue weighted by Gasteiger charge is 2.20. The number of hydrogen-bond acceptors (Lipinski definition) is 3. The molecule has 0 radical (unpaired) electrons. The van der Waals surface area contributed by atoms with Gasteiger partial charge in [-0.15, -0.1) is 0 Å². The summed E-state index contributed by atoms with van der Waals surface area (Å²) in [4.78, 5) is 0. The first-order valence-electron chi connectivity index (χ1n) is 5.93. The molecule has 0 atom stereocenters. The predicted octanol–water partition coefficient (Wildman–Crippen LogP) is 5.12. The molecule has 0 saturated heterocycles. The molecule has 0 aliphatic rings. The first-order chi connectivity index (χ1) is 9.68. The maximum absolute atomic E-state index is 5.99. The van der Waals surface area contributed by atoms with Gasteiger partial charge in [-0.1, -0.05) is 67.3 Å². The summed E-state index contributed by atoms with van der Waals surface area (Å²) in [6, 6.07) is 15.7. The van der Waals surface area contributed by atoms with Gasteiger partial charge in [-0.05, 0) is 18.2 Å². The van der Waals surface area contributed by atoms with Crippen LogP contribution in [-0.2, 0) is 0 Å². The minimum atomic E-state index is 0.377. The lowest BCUT2D eigenvalue weighted by atomic mass is 10.0. The third kappa shape index (κ3) is 2.27. The van der Waals surface area contributed by atoms with E-state index in [4.69, 9.17) is 10.3 Å². The van der Waals surface area contributed by atoms with Crippen molar-refractivity contribution in [3.8, 4) is 22.5 Å². The van der Waals surface area contributed by atoms with Gasteiger partial charge < -0.3 is 10.3 Å². The third-order valence-electron chi connectivity index (χ3n) is 2.98. The van der Waals surface area contributed by atoms with E-state index >= 15 is 0 Å². The molecule has 2 N–H and O–H groups in total. The van der Waals surface area contributed by atoms with E-state index < -0.39 is 0 Å². The van der Waals surface area contributed by atoms with Crippen molar-refractivity contribution >= 4 is 37.7 Å². The standard InChI is InChI=1S/C15H10Br2N2O/c16-11-7-3-1-5-9(11)13-14(20-19-15(13)18)10-6-2-4-8-12(10)17/h1-8H,(H2,18,19). The molecule has 1 heterocycles. The minimum Gasteiger partial charge on any atom is -0.380 e. The van der Waals surface area contributed by atoms with E-state index in [2.05, 4.69) is 37.0 Å². The van der Waals surface area contributed by atoms with Crippen molar-refractivity contribution in [1.29, 1.82) is 0 Å². The highest BCUT2D eigenvalue weighted by molar-refractivity contribution is 9.11. The lowest BCUT2D eigenvalue weighted by molar-refractivity contribution is 0.436. The van der Waals surface area contributed by atoms with Crippen LogP contribution in [0.25, 0.3) is 22.5 Å². The Morgan fingerprint density at radius 3 is 2.00 bits per heavy atom. The lowest BCUT2D eigenvalue weighted by Crippen LogP contribution is -1.90. The molecule has 3 aromatic rings. The molecule has 0 amide bonds. The first kappa shape index (κ1) is 13.4. The van der Waals surface area contributed by atoms with Gasteiger partial charge in [0.05, 0.1) is 5.56 Å². The number of rotatable bonds is 2. The number of hydrogen-bond donors (Lipinski definition) is 1. The summed E-state index contributed by atoms with van der Waals surface area (Å²) < 4.78 is 7.33. The van der Waals surface area contributed by atoms with Crippen molar-refractivity contribution < 1.29 is 4.52 Å². The highest BCUT2D eigenvalue weighted by Crippen LogP contribution is 2.41. The molecule has 0 saturated carbocycles. The van der Waals surface area contributed by atoms with E-state index in [0.717, 1.165) is 25.6 Å². The van der Waals surface area contributed by atoms with Crippen molar-refractivity contribution in [3.63, 3.8) is 0 Å². The second-order valence-electron chi connectivity index (χ2n) is 4.23. The fourth-order valence-electron chi connectivity index (χ4n) is 2.06. The minimum absolute atomic E-state index is 0.377. The SMILES string of the molecule is Nc1noc(-c2ccccc2Br)c1-c1ccccc1Br. The van der Waals surface area contributed by atoms with Crippen molar-refractivity contribution in [2.45, 2.75) is 0 Å². The number of nitrogens with two attached hydrogens (primary N) is 1. The van der Waals surface area contributed by atoms with Crippen LogP contribution in [0, 0.1) is 0 Å². The Morgan fingerprint density at radius 2 is 1.40 bits per heavy atom. The molecular formula is C15H10Br2N2O. The Hall–Kier alpha value is -1.59. The normalized spacial score (nSPS) is 10.7. The molecule has 0 fully saturated rings. The Bertz CT molecular complexity index is 768. The predicted molar refractivity (Wildman–Crippen MR) is 87.2 cm³/mol. The Balaban J connectivity index is 2.26. The van der Waals surface area contributed by atoms with Crippen molar-refractivity contribution in [1.82, 2.24) is 5.16 Å². The topological polar surface area (TPSA) is 52.0 Å². The van der Waals surface area contributed by atoms with Crippen LogP contribution in [-0.4, -0.2) is 5.16 Å². The van der Waals surface area contributed by atoms with Crippen LogP contribution in [0.15, 0.2) is 62.0 Å². The summed E-state index contributed by atoms with van der Waals surface area (Å²) in [6.07, 6.45) is 0. The summed E-state index contributed by atoms with van der Waals surface area (Å²) in [5.74, 6) is 1.03. The summed E-state index contributed by atoms with van der Waals surface area (Å²) in [5, 5.41) is 3.91. The number of halogens is 2. The molecule has 100 valence electrons. The quantitative estimate of drug-likeness (QED) is 0.657. The Kier molecular flexibility index (Phi) is 3.63. The molecule has 0 aliphatic carbocycles. The largest absolute Gasteiger partial charge is 0.380 e. The fraction of sp³-hybridized carbons (Fsp3) is 0. The van der Waals surface area contributed by atoms with E-state index in [9.17, 15) is 0 Å². The molecule has 5 heteroatoms. The molecule has 0 bridgehead atoms. The monoisotopic (exact) mass is 392 g/mol. The van der Waals surface area contributed by atoms with Crippen LogP contribution in [0.3, 0.4) is 0 Å². The number of nitrogens with zero attached hydrogens (tertiary/aromatic N) is 1.